The molecule has 0 unspecified atom stereocenters. The number of aromatic nitrogens is 4. The molecule has 0 atom stereocenters. The first-order valence-electron chi connectivity index (χ1n) is 9.41. The average Bonchev–Trinajstić information content (AvgIpc) is 3.22. The summed E-state index contributed by atoms with van der Waals surface area (Å²) in [5, 5.41) is 0.741. The van der Waals surface area contributed by atoms with E-state index in [2.05, 4.69) is 40.3 Å². The molecule has 4 nitrogen and oxygen atoms in total. The molecule has 3 aromatic carbocycles. The lowest BCUT2D eigenvalue weighted by molar-refractivity contribution is 0.974. The monoisotopic (exact) mass is 394 g/mol. The predicted octanol–water partition coefficient (Wildman–Crippen LogP) is 5.98. The van der Waals surface area contributed by atoms with Gasteiger partial charge >= 0.3 is 0 Å². The molecule has 0 aliphatic carbocycles. The normalized spacial score (nSPS) is 11.0. The molecule has 5 rings (SSSR count). The summed E-state index contributed by atoms with van der Waals surface area (Å²) in [5.41, 5.74) is 6.03. The van der Waals surface area contributed by atoms with Crippen LogP contribution in [0.25, 0.3) is 33.5 Å². The van der Waals surface area contributed by atoms with Crippen molar-refractivity contribution in [2.45, 2.75) is 10.9 Å². The molecule has 0 aliphatic rings. The van der Waals surface area contributed by atoms with Gasteiger partial charge in [0.1, 0.15) is 5.82 Å². The number of nitrogens with one attached hydrogen (secondary N) is 1. The van der Waals surface area contributed by atoms with Crippen LogP contribution in [-0.2, 0) is 5.75 Å². The SMILES string of the molecule is c1ccc(-c2cc(-c3ccccc3)nc(SCc3nc4ccccc4[nH]3)n2)cc1. The third-order valence-electron chi connectivity index (χ3n) is 4.62. The summed E-state index contributed by atoms with van der Waals surface area (Å²) >= 11 is 1.59. The molecule has 0 saturated heterocycles. The van der Waals surface area contributed by atoms with Crippen molar-refractivity contribution in [3.8, 4) is 22.5 Å². The van der Waals surface area contributed by atoms with Gasteiger partial charge in [-0.1, -0.05) is 84.6 Å². The quantitative estimate of drug-likeness (QED) is 0.294. The maximum atomic E-state index is 4.81. The molecule has 0 radical (unpaired) electrons. The van der Waals surface area contributed by atoms with Crippen LogP contribution in [0.15, 0.2) is 96.2 Å². The van der Waals surface area contributed by atoms with Crippen LogP contribution in [-0.4, -0.2) is 19.9 Å². The Bertz CT molecular complexity index is 1160. The molecule has 0 amide bonds. The molecule has 140 valence electrons. The topological polar surface area (TPSA) is 54.5 Å². The lowest BCUT2D eigenvalue weighted by Gasteiger charge is -2.08. The largest absolute Gasteiger partial charge is 0.341 e. The van der Waals surface area contributed by atoms with Crippen LogP contribution in [0, 0.1) is 0 Å². The van der Waals surface area contributed by atoms with Gasteiger partial charge in [0.15, 0.2) is 5.16 Å². The van der Waals surface area contributed by atoms with E-state index in [1.807, 2.05) is 60.7 Å². The molecular weight excluding hydrogens is 376 g/mol. The van der Waals surface area contributed by atoms with Gasteiger partial charge in [-0.15, -0.1) is 0 Å². The van der Waals surface area contributed by atoms with E-state index in [9.17, 15) is 0 Å². The van der Waals surface area contributed by atoms with Crippen molar-refractivity contribution in [1.82, 2.24) is 19.9 Å². The fourth-order valence-electron chi connectivity index (χ4n) is 3.21. The van der Waals surface area contributed by atoms with E-state index < -0.39 is 0 Å². The van der Waals surface area contributed by atoms with Crippen molar-refractivity contribution in [1.29, 1.82) is 0 Å². The van der Waals surface area contributed by atoms with Gasteiger partial charge in [0.25, 0.3) is 0 Å². The number of fused-ring (bicyclic) bond motifs is 1. The van der Waals surface area contributed by atoms with Crippen molar-refractivity contribution in [3.05, 3.63) is 96.8 Å². The van der Waals surface area contributed by atoms with Crippen LogP contribution >= 0.6 is 11.8 Å². The molecule has 0 spiro atoms. The number of thioether (sulfide) groups is 1. The highest BCUT2D eigenvalue weighted by molar-refractivity contribution is 7.98. The summed E-state index contributed by atoms with van der Waals surface area (Å²) in [5.74, 6) is 1.60. The molecule has 2 heterocycles. The first-order valence-corrected chi connectivity index (χ1v) is 10.4. The van der Waals surface area contributed by atoms with E-state index in [0.717, 1.165) is 44.5 Å². The number of para-hydroxylation sites is 2. The summed E-state index contributed by atoms with van der Waals surface area (Å²) < 4.78 is 0. The Morgan fingerprint density at radius 3 is 1.86 bits per heavy atom. The zero-order valence-corrected chi connectivity index (χ0v) is 16.4. The standard InChI is InChI=1S/C24H18N4S/c1-3-9-17(10-4-1)21-15-22(18-11-5-2-6-12-18)28-24(27-21)29-16-23-25-19-13-7-8-14-20(19)26-23/h1-15H,16H2,(H,25,26). The first kappa shape index (κ1) is 17.6. The van der Waals surface area contributed by atoms with Gasteiger partial charge in [-0.2, -0.15) is 0 Å². The highest BCUT2D eigenvalue weighted by Gasteiger charge is 2.10. The van der Waals surface area contributed by atoms with Gasteiger partial charge in [-0.25, -0.2) is 15.0 Å². The summed E-state index contributed by atoms with van der Waals surface area (Å²) in [6.07, 6.45) is 0. The Hall–Kier alpha value is -3.44. The number of H-pyrrole nitrogens is 1. The fourth-order valence-corrected chi connectivity index (χ4v) is 3.94. The highest BCUT2D eigenvalue weighted by atomic mass is 32.2. The molecule has 0 fully saturated rings. The van der Waals surface area contributed by atoms with Crippen molar-refractivity contribution in [3.63, 3.8) is 0 Å². The number of aromatic amines is 1. The van der Waals surface area contributed by atoms with Crippen LogP contribution in [0.1, 0.15) is 5.82 Å². The summed E-state index contributed by atoms with van der Waals surface area (Å²) in [7, 11) is 0. The van der Waals surface area contributed by atoms with E-state index in [4.69, 9.17) is 9.97 Å². The Morgan fingerprint density at radius 2 is 1.24 bits per heavy atom. The van der Waals surface area contributed by atoms with Crippen LogP contribution in [0.2, 0.25) is 0 Å². The molecule has 1 N–H and O–H groups in total. The lowest BCUT2D eigenvalue weighted by atomic mass is 10.1. The van der Waals surface area contributed by atoms with Gasteiger partial charge < -0.3 is 4.98 Å². The number of nitrogens with zero attached hydrogens (tertiary/aromatic N) is 3. The van der Waals surface area contributed by atoms with Crippen molar-refractivity contribution >= 4 is 22.8 Å². The Balaban J connectivity index is 1.49. The Kier molecular flexibility index (Phi) is 4.80. The number of rotatable bonds is 5. The number of hydrogen-bond acceptors (Lipinski definition) is 4. The number of imidazole rings is 1. The minimum Gasteiger partial charge on any atom is -0.341 e. The van der Waals surface area contributed by atoms with E-state index in [1.54, 1.807) is 11.8 Å². The third-order valence-corrected chi connectivity index (χ3v) is 5.48. The molecule has 0 saturated carbocycles. The predicted molar refractivity (Wildman–Crippen MR) is 119 cm³/mol. The van der Waals surface area contributed by atoms with Crippen molar-refractivity contribution < 1.29 is 0 Å². The number of benzene rings is 3. The maximum Gasteiger partial charge on any atom is 0.189 e. The molecule has 5 heteroatoms. The smallest absolute Gasteiger partial charge is 0.189 e. The van der Waals surface area contributed by atoms with Crippen LogP contribution in [0.3, 0.4) is 0 Å². The molecular formula is C24H18N4S. The van der Waals surface area contributed by atoms with Crippen LogP contribution in [0.5, 0.6) is 0 Å². The zero-order valence-electron chi connectivity index (χ0n) is 15.6. The van der Waals surface area contributed by atoms with Gasteiger partial charge in [-0.3, -0.25) is 0 Å². The van der Waals surface area contributed by atoms with Crippen LogP contribution < -0.4 is 0 Å². The van der Waals surface area contributed by atoms with Crippen molar-refractivity contribution in [2.24, 2.45) is 0 Å². The zero-order chi connectivity index (χ0) is 19.5. The second-order valence-electron chi connectivity index (χ2n) is 6.64. The van der Waals surface area contributed by atoms with E-state index in [1.165, 1.54) is 0 Å². The van der Waals surface area contributed by atoms with Gasteiger partial charge in [0.05, 0.1) is 28.2 Å². The minimum absolute atomic E-state index is 0.682. The number of hydrogen-bond donors (Lipinski definition) is 1. The third kappa shape index (κ3) is 3.91. The molecule has 0 aliphatic heterocycles. The Labute approximate surface area is 173 Å². The first-order chi connectivity index (χ1) is 14.3. The van der Waals surface area contributed by atoms with Gasteiger partial charge in [0.2, 0.25) is 0 Å². The molecule has 0 bridgehead atoms. The van der Waals surface area contributed by atoms with E-state index in [-0.39, 0.29) is 0 Å². The summed E-state index contributed by atoms with van der Waals surface area (Å²) in [4.78, 5) is 17.6. The molecule has 5 aromatic rings. The van der Waals surface area contributed by atoms with Gasteiger partial charge in [-0.05, 0) is 18.2 Å². The maximum absolute atomic E-state index is 4.81. The molecule has 29 heavy (non-hydrogen) atoms. The Morgan fingerprint density at radius 1 is 0.655 bits per heavy atom. The molecule has 2 aromatic heterocycles. The highest BCUT2D eigenvalue weighted by Crippen LogP contribution is 2.28. The van der Waals surface area contributed by atoms with Crippen LogP contribution in [0.4, 0.5) is 0 Å². The van der Waals surface area contributed by atoms with Gasteiger partial charge in [0, 0.05) is 11.1 Å². The van der Waals surface area contributed by atoms with Crippen molar-refractivity contribution in [2.75, 3.05) is 0 Å². The average molecular weight is 395 g/mol. The van der Waals surface area contributed by atoms with E-state index in [0.29, 0.717) is 5.75 Å². The second kappa shape index (κ2) is 7.89. The van der Waals surface area contributed by atoms with E-state index >= 15 is 0 Å². The minimum atomic E-state index is 0.682. The fraction of sp³-hybridized carbons (Fsp3) is 0.0417. The summed E-state index contributed by atoms with van der Waals surface area (Å²) in [6, 6.07) is 30.6. The lowest BCUT2D eigenvalue weighted by Crippen LogP contribution is -1.95. The second-order valence-corrected chi connectivity index (χ2v) is 7.58. The summed E-state index contributed by atoms with van der Waals surface area (Å²) in [6.45, 7) is 0.